The molecule has 0 unspecified atom stereocenters. The van der Waals surface area contributed by atoms with E-state index in [9.17, 15) is 9.59 Å². The molecule has 3 amide bonds. The van der Waals surface area contributed by atoms with E-state index >= 15 is 0 Å². The molecule has 22 heavy (non-hydrogen) atoms. The van der Waals surface area contributed by atoms with Crippen LogP contribution in [0.3, 0.4) is 0 Å². The predicted octanol–water partition coefficient (Wildman–Crippen LogP) is -0.376. The summed E-state index contributed by atoms with van der Waals surface area (Å²) in [6.45, 7) is 5.02. The van der Waals surface area contributed by atoms with Gasteiger partial charge >= 0.3 is 6.03 Å². The molecule has 0 bridgehead atoms. The normalized spacial score (nSPS) is 17.5. The number of nitrogens with two attached hydrogens (primary N) is 1. The number of hydrogen-bond donors (Lipinski definition) is 3. The molecule has 0 spiro atoms. The van der Waals surface area contributed by atoms with E-state index < -0.39 is 6.03 Å². The number of rotatable bonds is 5. The topological polar surface area (TPSA) is 93.3 Å². The average molecular weight is 308 g/mol. The van der Waals surface area contributed by atoms with Crippen molar-refractivity contribution in [3.05, 3.63) is 24.3 Å². The van der Waals surface area contributed by atoms with Gasteiger partial charge in [0.1, 0.15) is 13.2 Å². The van der Waals surface area contributed by atoms with Crippen molar-refractivity contribution in [1.82, 2.24) is 10.6 Å². The molecule has 0 aromatic heterocycles. The first-order valence-corrected chi connectivity index (χ1v) is 7.40. The minimum absolute atomic E-state index is 0.130. The predicted molar refractivity (Wildman–Crippen MR) is 79.8 cm³/mol. The van der Waals surface area contributed by atoms with Crippen LogP contribution in [0.15, 0.2) is 24.3 Å². The fourth-order valence-electron chi connectivity index (χ4n) is 2.07. The Bertz CT molecular complexity index is 535. The summed E-state index contributed by atoms with van der Waals surface area (Å²) in [4.78, 5) is 23.1. The standard InChI is InChI=1S/C15H21N3O4/c1-3-16-15(20)18-14(19)10(2)17-8-11-9-21-12-6-4-5-7-13(12)22-11/h4-7,10-11,17H,3,8-9H2,1-2H3,(H2,16,18,19,20)/p+1/t10-,11+/m1/s1. The lowest BCUT2D eigenvalue weighted by molar-refractivity contribution is -0.678. The summed E-state index contributed by atoms with van der Waals surface area (Å²) >= 11 is 0. The van der Waals surface area contributed by atoms with Gasteiger partial charge < -0.3 is 20.1 Å². The molecule has 2 rings (SSSR count). The fraction of sp³-hybridized carbons (Fsp3) is 0.467. The number of carbonyl (C=O) groups excluding carboxylic acids is 2. The molecule has 7 heteroatoms. The summed E-state index contributed by atoms with van der Waals surface area (Å²) < 4.78 is 11.4. The van der Waals surface area contributed by atoms with Crippen molar-refractivity contribution in [1.29, 1.82) is 0 Å². The monoisotopic (exact) mass is 308 g/mol. The van der Waals surface area contributed by atoms with Gasteiger partial charge in [-0.2, -0.15) is 0 Å². The number of fused-ring (bicyclic) bond motifs is 1. The third-order valence-electron chi connectivity index (χ3n) is 3.31. The van der Waals surface area contributed by atoms with Gasteiger partial charge in [0.15, 0.2) is 23.6 Å². The highest BCUT2D eigenvalue weighted by molar-refractivity contribution is 5.96. The molecule has 1 heterocycles. The van der Waals surface area contributed by atoms with Crippen LogP contribution in [0.1, 0.15) is 13.8 Å². The fourth-order valence-corrected chi connectivity index (χ4v) is 2.07. The molecule has 120 valence electrons. The van der Waals surface area contributed by atoms with Crippen LogP contribution in [0.5, 0.6) is 11.5 Å². The van der Waals surface area contributed by atoms with Crippen LogP contribution >= 0.6 is 0 Å². The molecular weight excluding hydrogens is 286 g/mol. The van der Waals surface area contributed by atoms with E-state index in [1.54, 1.807) is 13.8 Å². The van der Waals surface area contributed by atoms with E-state index in [-0.39, 0.29) is 18.1 Å². The lowest BCUT2D eigenvalue weighted by Crippen LogP contribution is -2.94. The van der Waals surface area contributed by atoms with Crippen molar-refractivity contribution in [2.75, 3.05) is 19.7 Å². The minimum atomic E-state index is -0.473. The zero-order chi connectivity index (χ0) is 15.9. The van der Waals surface area contributed by atoms with Crippen LogP contribution in [0.2, 0.25) is 0 Å². The molecule has 1 aliphatic rings. The molecule has 7 nitrogen and oxygen atoms in total. The average Bonchev–Trinajstić information content (AvgIpc) is 2.52. The third-order valence-corrected chi connectivity index (χ3v) is 3.31. The van der Waals surface area contributed by atoms with E-state index in [2.05, 4.69) is 10.6 Å². The number of imide groups is 1. The quantitative estimate of drug-likeness (QED) is 0.691. The molecule has 0 aliphatic carbocycles. The number of benzene rings is 1. The summed E-state index contributed by atoms with van der Waals surface area (Å²) in [5.74, 6) is 1.12. The van der Waals surface area contributed by atoms with Crippen molar-refractivity contribution < 1.29 is 24.4 Å². The first-order chi connectivity index (χ1) is 10.6. The van der Waals surface area contributed by atoms with Crippen LogP contribution in [-0.2, 0) is 4.79 Å². The molecule has 0 saturated carbocycles. The molecule has 1 aromatic carbocycles. The number of para-hydroxylation sites is 2. The van der Waals surface area contributed by atoms with Crippen molar-refractivity contribution in [2.24, 2.45) is 0 Å². The van der Waals surface area contributed by atoms with E-state index in [0.29, 0.717) is 25.4 Å². The summed E-state index contributed by atoms with van der Waals surface area (Å²) in [7, 11) is 0. The van der Waals surface area contributed by atoms with Gasteiger partial charge in [-0.3, -0.25) is 10.1 Å². The summed E-state index contributed by atoms with van der Waals surface area (Å²) in [6, 6.07) is 6.63. The summed E-state index contributed by atoms with van der Waals surface area (Å²) in [5, 5.41) is 6.64. The largest absolute Gasteiger partial charge is 0.486 e. The number of carbonyl (C=O) groups is 2. The SMILES string of the molecule is CCNC(=O)NC(=O)[C@@H](C)[NH2+]C[C@H]1COc2ccccc2O1. The van der Waals surface area contributed by atoms with Gasteiger partial charge in [-0.25, -0.2) is 4.79 Å². The second-order valence-electron chi connectivity index (χ2n) is 5.11. The molecule has 1 aromatic rings. The Morgan fingerprint density at radius 2 is 2.09 bits per heavy atom. The van der Waals surface area contributed by atoms with Gasteiger partial charge in [0, 0.05) is 6.54 Å². The minimum Gasteiger partial charge on any atom is -0.486 e. The van der Waals surface area contributed by atoms with Crippen LogP contribution in [0.25, 0.3) is 0 Å². The Balaban J connectivity index is 1.76. The van der Waals surface area contributed by atoms with Crippen LogP contribution in [0, 0.1) is 0 Å². The van der Waals surface area contributed by atoms with Gasteiger partial charge in [-0.1, -0.05) is 12.1 Å². The highest BCUT2D eigenvalue weighted by atomic mass is 16.6. The first kappa shape index (κ1) is 16.1. The Labute approximate surface area is 129 Å². The smallest absolute Gasteiger partial charge is 0.321 e. The second kappa shape index (κ2) is 7.65. The van der Waals surface area contributed by atoms with Crippen molar-refractivity contribution in [2.45, 2.75) is 26.0 Å². The molecule has 0 radical (unpaired) electrons. The summed E-state index contributed by atoms with van der Waals surface area (Å²) in [6.07, 6.45) is -0.130. The zero-order valence-electron chi connectivity index (χ0n) is 12.8. The van der Waals surface area contributed by atoms with Crippen LogP contribution in [0.4, 0.5) is 4.79 Å². The van der Waals surface area contributed by atoms with Crippen molar-refractivity contribution in [3.8, 4) is 11.5 Å². The number of urea groups is 1. The highest BCUT2D eigenvalue weighted by Gasteiger charge is 2.25. The number of nitrogens with one attached hydrogen (secondary N) is 2. The molecule has 0 saturated heterocycles. The number of amides is 3. The van der Waals surface area contributed by atoms with Crippen molar-refractivity contribution in [3.63, 3.8) is 0 Å². The highest BCUT2D eigenvalue weighted by Crippen LogP contribution is 2.30. The molecule has 4 N–H and O–H groups in total. The molecule has 0 fully saturated rings. The van der Waals surface area contributed by atoms with Gasteiger partial charge in [0.25, 0.3) is 5.91 Å². The van der Waals surface area contributed by atoms with Gasteiger partial charge in [-0.05, 0) is 26.0 Å². The van der Waals surface area contributed by atoms with Crippen LogP contribution < -0.4 is 25.4 Å². The van der Waals surface area contributed by atoms with Gasteiger partial charge in [0.05, 0.1) is 0 Å². The van der Waals surface area contributed by atoms with E-state index in [4.69, 9.17) is 9.47 Å². The van der Waals surface area contributed by atoms with Gasteiger partial charge in [-0.15, -0.1) is 0 Å². The lowest BCUT2D eigenvalue weighted by Gasteiger charge is -2.26. The van der Waals surface area contributed by atoms with E-state index in [1.165, 1.54) is 0 Å². The molecule has 1 aliphatic heterocycles. The van der Waals surface area contributed by atoms with Gasteiger partial charge in [0.2, 0.25) is 0 Å². The Morgan fingerprint density at radius 3 is 2.82 bits per heavy atom. The number of hydrogen-bond acceptors (Lipinski definition) is 4. The van der Waals surface area contributed by atoms with Crippen molar-refractivity contribution >= 4 is 11.9 Å². The molecule has 2 atom stereocenters. The van der Waals surface area contributed by atoms with E-state index in [1.807, 2.05) is 29.6 Å². The lowest BCUT2D eigenvalue weighted by atomic mass is 10.2. The maximum absolute atomic E-state index is 11.8. The summed E-state index contributed by atoms with van der Waals surface area (Å²) in [5.41, 5.74) is 0. The Kier molecular flexibility index (Phi) is 5.60. The Hall–Kier alpha value is -2.28. The number of ether oxygens (including phenoxy) is 2. The maximum Gasteiger partial charge on any atom is 0.321 e. The Morgan fingerprint density at radius 1 is 1.36 bits per heavy atom. The maximum atomic E-state index is 11.8. The second-order valence-corrected chi connectivity index (χ2v) is 5.11. The van der Waals surface area contributed by atoms with Crippen LogP contribution in [-0.4, -0.2) is 43.8 Å². The van der Waals surface area contributed by atoms with E-state index in [0.717, 1.165) is 5.75 Å². The third kappa shape index (κ3) is 4.36. The zero-order valence-corrected chi connectivity index (χ0v) is 12.8. The first-order valence-electron chi connectivity index (χ1n) is 7.40. The molecular formula is C15H22N3O4+. The number of quaternary nitrogens is 1.